The van der Waals surface area contributed by atoms with Gasteiger partial charge < -0.3 is 10.5 Å². The first-order chi connectivity index (χ1) is 4.81. The van der Waals surface area contributed by atoms with E-state index in [2.05, 4.69) is 13.5 Å². The molecule has 1 atom stereocenters. The maximum Gasteiger partial charge on any atom is 0.0873 e. The first-order valence-corrected chi connectivity index (χ1v) is 3.79. The zero-order valence-electron chi connectivity index (χ0n) is 6.68. The van der Waals surface area contributed by atoms with Gasteiger partial charge >= 0.3 is 0 Å². The highest BCUT2D eigenvalue weighted by Crippen LogP contribution is 1.97. The van der Waals surface area contributed by atoms with Crippen LogP contribution in [0.2, 0.25) is 0 Å². The molecule has 0 rings (SSSR count). The largest absolute Gasteiger partial charge is 0.502 e. The van der Waals surface area contributed by atoms with Gasteiger partial charge in [0.2, 0.25) is 0 Å². The smallest absolute Gasteiger partial charge is 0.0873 e. The van der Waals surface area contributed by atoms with Crippen LogP contribution in [-0.4, -0.2) is 12.6 Å². The predicted molar refractivity (Wildman–Crippen MR) is 43.6 cm³/mol. The van der Waals surface area contributed by atoms with Gasteiger partial charge in [-0.25, -0.2) is 0 Å². The lowest BCUT2D eigenvalue weighted by molar-refractivity contribution is 0.239. The quantitative estimate of drug-likeness (QED) is 0.453. The summed E-state index contributed by atoms with van der Waals surface area (Å²) in [4.78, 5) is 0. The van der Waals surface area contributed by atoms with Gasteiger partial charge in [-0.2, -0.15) is 0 Å². The molecule has 0 radical (unpaired) electrons. The lowest BCUT2D eigenvalue weighted by atomic mass is 10.1. The summed E-state index contributed by atoms with van der Waals surface area (Å²) in [5.41, 5.74) is 5.67. The monoisotopic (exact) mass is 143 g/mol. The van der Waals surface area contributed by atoms with Gasteiger partial charge in [0.15, 0.2) is 0 Å². The van der Waals surface area contributed by atoms with Gasteiger partial charge in [0, 0.05) is 6.04 Å². The summed E-state index contributed by atoms with van der Waals surface area (Å²) in [6.07, 6.45) is 4.59. The van der Waals surface area contributed by atoms with Crippen molar-refractivity contribution in [2.24, 2.45) is 5.73 Å². The number of hydrogen-bond donors (Lipinski definition) is 1. The molecule has 2 N–H and O–H groups in total. The van der Waals surface area contributed by atoms with Gasteiger partial charge in [0.05, 0.1) is 12.9 Å². The van der Waals surface area contributed by atoms with E-state index in [0.717, 1.165) is 25.9 Å². The van der Waals surface area contributed by atoms with Crippen LogP contribution in [0.1, 0.15) is 26.2 Å². The van der Waals surface area contributed by atoms with Crippen molar-refractivity contribution in [3.05, 3.63) is 12.8 Å². The molecule has 0 saturated carbocycles. The molecule has 0 saturated heterocycles. The number of nitrogens with two attached hydrogens (primary N) is 1. The number of rotatable bonds is 6. The van der Waals surface area contributed by atoms with Crippen LogP contribution < -0.4 is 5.73 Å². The second kappa shape index (κ2) is 6.62. The van der Waals surface area contributed by atoms with Gasteiger partial charge in [-0.15, -0.1) is 0 Å². The van der Waals surface area contributed by atoms with Crippen molar-refractivity contribution in [3.8, 4) is 0 Å². The second-order valence-corrected chi connectivity index (χ2v) is 2.35. The third kappa shape index (κ3) is 5.63. The van der Waals surface area contributed by atoms with Crippen LogP contribution >= 0.6 is 0 Å². The summed E-state index contributed by atoms with van der Waals surface area (Å²) in [5.74, 6) is 0. The second-order valence-electron chi connectivity index (χ2n) is 2.35. The molecule has 0 aliphatic carbocycles. The molecule has 60 valence electrons. The van der Waals surface area contributed by atoms with E-state index < -0.39 is 0 Å². The van der Waals surface area contributed by atoms with E-state index in [1.165, 1.54) is 6.26 Å². The molecule has 2 heteroatoms. The Kier molecular flexibility index (Phi) is 6.29. The average molecular weight is 143 g/mol. The average Bonchev–Trinajstić information content (AvgIpc) is 1.98. The molecule has 0 spiro atoms. The molecule has 2 nitrogen and oxygen atoms in total. The maximum atomic E-state index is 5.67. The van der Waals surface area contributed by atoms with E-state index in [4.69, 9.17) is 10.5 Å². The Morgan fingerprint density at radius 2 is 2.40 bits per heavy atom. The van der Waals surface area contributed by atoms with Crippen LogP contribution in [0.4, 0.5) is 0 Å². The van der Waals surface area contributed by atoms with E-state index in [9.17, 15) is 0 Å². The van der Waals surface area contributed by atoms with Crippen molar-refractivity contribution in [2.75, 3.05) is 6.61 Å². The van der Waals surface area contributed by atoms with Crippen molar-refractivity contribution in [2.45, 2.75) is 32.2 Å². The normalized spacial score (nSPS) is 12.6. The molecule has 0 aliphatic heterocycles. The lowest BCUT2D eigenvalue weighted by Gasteiger charge is -2.06. The van der Waals surface area contributed by atoms with Crippen molar-refractivity contribution in [1.29, 1.82) is 0 Å². The third-order valence-corrected chi connectivity index (χ3v) is 1.48. The van der Waals surface area contributed by atoms with Crippen LogP contribution in [0.3, 0.4) is 0 Å². The Balaban J connectivity index is 2.95. The highest BCUT2D eigenvalue weighted by molar-refractivity contribution is 4.58. The van der Waals surface area contributed by atoms with Crippen LogP contribution in [0, 0.1) is 0 Å². The molecule has 0 bridgehead atoms. The van der Waals surface area contributed by atoms with E-state index in [-0.39, 0.29) is 0 Å². The Morgan fingerprint density at radius 1 is 1.70 bits per heavy atom. The van der Waals surface area contributed by atoms with Crippen LogP contribution in [-0.2, 0) is 4.74 Å². The summed E-state index contributed by atoms with van der Waals surface area (Å²) in [5, 5.41) is 0. The minimum atomic E-state index is 0.341. The van der Waals surface area contributed by atoms with E-state index >= 15 is 0 Å². The number of ether oxygens (including phenoxy) is 1. The van der Waals surface area contributed by atoms with Crippen LogP contribution in [0.25, 0.3) is 0 Å². The fraction of sp³-hybridized carbons (Fsp3) is 0.750. The topological polar surface area (TPSA) is 35.2 Å². The molecular formula is C8H17NO. The molecule has 1 unspecified atom stereocenters. The van der Waals surface area contributed by atoms with Gasteiger partial charge in [-0.1, -0.05) is 13.5 Å². The van der Waals surface area contributed by atoms with Crippen LogP contribution in [0.15, 0.2) is 12.8 Å². The van der Waals surface area contributed by atoms with E-state index in [1.54, 1.807) is 0 Å². The summed E-state index contributed by atoms with van der Waals surface area (Å²) < 4.78 is 4.94. The molecule has 0 heterocycles. The Morgan fingerprint density at radius 3 is 2.90 bits per heavy atom. The Hall–Kier alpha value is -0.500. The first-order valence-electron chi connectivity index (χ1n) is 3.79. The molecule has 10 heavy (non-hydrogen) atoms. The van der Waals surface area contributed by atoms with E-state index in [0.29, 0.717) is 6.04 Å². The zero-order chi connectivity index (χ0) is 7.82. The van der Waals surface area contributed by atoms with Gasteiger partial charge in [0.1, 0.15) is 0 Å². The number of hydrogen-bond acceptors (Lipinski definition) is 2. The standard InChI is InChI=1S/C8H17NO/c1-3-8(9)6-5-7-10-4-2/h4,8H,2-3,5-7,9H2,1H3. The molecule has 0 amide bonds. The molecule has 0 aromatic rings. The van der Waals surface area contributed by atoms with Crippen molar-refractivity contribution >= 4 is 0 Å². The third-order valence-electron chi connectivity index (χ3n) is 1.48. The summed E-state index contributed by atoms with van der Waals surface area (Å²) in [7, 11) is 0. The summed E-state index contributed by atoms with van der Waals surface area (Å²) >= 11 is 0. The molecule has 0 aromatic carbocycles. The summed E-state index contributed by atoms with van der Waals surface area (Å²) in [6.45, 7) is 6.29. The molecule has 0 aliphatic rings. The van der Waals surface area contributed by atoms with Gasteiger partial charge in [0.25, 0.3) is 0 Å². The fourth-order valence-electron chi connectivity index (χ4n) is 0.716. The molecular weight excluding hydrogens is 126 g/mol. The lowest BCUT2D eigenvalue weighted by Crippen LogP contribution is -2.18. The minimum absolute atomic E-state index is 0.341. The summed E-state index contributed by atoms with van der Waals surface area (Å²) in [6, 6.07) is 0.341. The Labute approximate surface area is 63.1 Å². The maximum absolute atomic E-state index is 5.67. The van der Waals surface area contributed by atoms with Gasteiger partial charge in [-0.3, -0.25) is 0 Å². The predicted octanol–water partition coefficient (Wildman–Crippen LogP) is 1.66. The molecule has 0 fully saturated rings. The van der Waals surface area contributed by atoms with Crippen molar-refractivity contribution in [3.63, 3.8) is 0 Å². The highest BCUT2D eigenvalue weighted by Gasteiger charge is 1.96. The highest BCUT2D eigenvalue weighted by atomic mass is 16.5. The SMILES string of the molecule is C=COCCCC(N)CC. The van der Waals surface area contributed by atoms with Crippen LogP contribution in [0.5, 0.6) is 0 Å². The Bertz CT molecular complexity index is 83.3. The first kappa shape index (κ1) is 9.50. The molecule has 0 aromatic heterocycles. The van der Waals surface area contributed by atoms with Gasteiger partial charge in [-0.05, 0) is 19.3 Å². The fourth-order valence-corrected chi connectivity index (χ4v) is 0.716. The van der Waals surface area contributed by atoms with Crippen molar-refractivity contribution < 1.29 is 4.74 Å². The minimum Gasteiger partial charge on any atom is -0.502 e. The van der Waals surface area contributed by atoms with E-state index in [1.807, 2.05) is 0 Å². The zero-order valence-corrected chi connectivity index (χ0v) is 6.68. The van der Waals surface area contributed by atoms with Crippen molar-refractivity contribution in [1.82, 2.24) is 0 Å².